The Labute approximate surface area is 146 Å². The number of carbonyl (C=O) groups is 2. The Kier molecular flexibility index (Phi) is 4.04. The van der Waals surface area contributed by atoms with Gasteiger partial charge in [0.25, 0.3) is 0 Å². The number of nitrogens with zero attached hydrogens (tertiary/aromatic N) is 2. The predicted octanol–water partition coefficient (Wildman–Crippen LogP) is 0.481. The summed E-state index contributed by atoms with van der Waals surface area (Å²) in [6.45, 7) is 0.533. The van der Waals surface area contributed by atoms with Crippen LogP contribution in [-0.4, -0.2) is 62.3 Å². The maximum absolute atomic E-state index is 12.9. The number of sulfone groups is 1. The second-order valence-electron chi connectivity index (χ2n) is 7.03. The third-order valence-electron chi connectivity index (χ3n) is 5.16. The first-order valence-electron chi connectivity index (χ1n) is 8.57. The molecule has 1 aliphatic carbocycles. The molecule has 8 heteroatoms. The smallest absolute Gasteiger partial charge is 0.244 e. The SMILES string of the molecule is O=C1CN(C(=O)CN2CCS(=O)(=O)CC2C2CC2)c2ccccc2N1. The molecule has 2 heterocycles. The molecule has 1 N–H and O–H groups in total. The minimum absolute atomic E-state index is 0.00389. The van der Waals surface area contributed by atoms with Gasteiger partial charge in [0.1, 0.15) is 6.54 Å². The molecule has 0 bridgehead atoms. The van der Waals surface area contributed by atoms with Crippen molar-refractivity contribution in [3.05, 3.63) is 24.3 Å². The van der Waals surface area contributed by atoms with Crippen molar-refractivity contribution in [1.29, 1.82) is 0 Å². The Hall–Kier alpha value is -1.93. The van der Waals surface area contributed by atoms with Crippen molar-refractivity contribution in [2.45, 2.75) is 18.9 Å². The van der Waals surface area contributed by atoms with Crippen LogP contribution >= 0.6 is 0 Å². The summed E-state index contributed by atoms with van der Waals surface area (Å²) < 4.78 is 23.9. The van der Waals surface area contributed by atoms with E-state index in [1.807, 2.05) is 23.1 Å². The molecule has 2 amide bonds. The summed E-state index contributed by atoms with van der Waals surface area (Å²) in [6.07, 6.45) is 2.06. The van der Waals surface area contributed by atoms with Gasteiger partial charge in [-0.15, -0.1) is 0 Å². The summed E-state index contributed by atoms with van der Waals surface area (Å²) in [5, 5.41) is 2.77. The van der Waals surface area contributed by atoms with Crippen LogP contribution in [0.2, 0.25) is 0 Å². The minimum Gasteiger partial charge on any atom is -0.323 e. The van der Waals surface area contributed by atoms with Crippen molar-refractivity contribution in [2.24, 2.45) is 5.92 Å². The quantitative estimate of drug-likeness (QED) is 0.844. The highest BCUT2D eigenvalue weighted by molar-refractivity contribution is 7.91. The van der Waals surface area contributed by atoms with E-state index in [9.17, 15) is 18.0 Å². The number of hydrogen-bond acceptors (Lipinski definition) is 5. The predicted molar refractivity (Wildman–Crippen MR) is 94.2 cm³/mol. The zero-order valence-corrected chi connectivity index (χ0v) is 14.7. The summed E-state index contributed by atoms with van der Waals surface area (Å²) in [7, 11) is -3.02. The fraction of sp³-hybridized carbons (Fsp3) is 0.529. The zero-order chi connectivity index (χ0) is 17.6. The van der Waals surface area contributed by atoms with Gasteiger partial charge in [-0.25, -0.2) is 8.42 Å². The van der Waals surface area contributed by atoms with Gasteiger partial charge in [-0.3, -0.25) is 19.4 Å². The number of benzene rings is 1. The van der Waals surface area contributed by atoms with Gasteiger partial charge in [-0.05, 0) is 30.9 Å². The monoisotopic (exact) mass is 363 g/mol. The molecule has 0 spiro atoms. The zero-order valence-electron chi connectivity index (χ0n) is 13.8. The van der Waals surface area contributed by atoms with Gasteiger partial charge >= 0.3 is 0 Å². The Morgan fingerprint density at radius 1 is 1.24 bits per heavy atom. The van der Waals surface area contributed by atoms with Crippen LogP contribution in [0.3, 0.4) is 0 Å². The average Bonchev–Trinajstić information content (AvgIpc) is 3.40. The van der Waals surface area contributed by atoms with Crippen LogP contribution in [-0.2, 0) is 19.4 Å². The van der Waals surface area contributed by atoms with E-state index in [-0.39, 0.29) is 42.5 Å². The molecule has 1 aromatic carbocycles. The van der Waals surface area contributed by atoms with Crippen molar-refractivity contribution in [3.8, 4) is 0 Å². The maximum Gasteiger partial charge on any atom is 0.244 e. The topological polar surface area (TPSA) is 86.8 Å². The molecule has 1 aromatic rings. The molecule has 2 fully saturated rings. The molecule has 7 nitrogen and oxygen atoms in total. The number of hydrogen-bond donors (Lipinski definition) is 1. The molecule has 4 rings (SSSR count). The normalized spacial score (nSPS) is 26.0. The summed E-state index contributed by atoms with van der Waals surface area (Å²) in [5.41, 5.74) is 1.33. The lowest BCUT2D eigenvalue weighted by molar-refractivity contribution is -0.123. The molecule has 0 aromatic heterocycles. The van der Waals surface area contributed by atoms with Crippen LogP contribution in [0, 0.1) is 5.92 Å². The summed E-state index contributed by atoms with van der Waals surface area (Å²) in [4.78, 5) is 28.3. The number of rotatable bonds is 3. The van der Waals surface area contributed by atoms with E-state index < -0.39 is 9.84 Å². The van der Waals surface area contributed by atoms with Crippen LogP contribution in [0.5, 0.6) is 0 Å². The van der Waals surface area contributed by atoms with Crippen LogP contribution in [0.1, 0.15) is 12.8 Å². The maximum atomic E-state index is 12.9. The Morgan fingerprint density at radius 2 is 2.00 bits per heavy atom. The van der Waals surface area contributed by atoms with E-state index in [0.717, 1.165) is 12.8 Å². The Balaban J connectivity index is 1.53. The van der Waals surface area contributed by atoms with E-state index >= 15 is 0 Å². The molecule has 25 heavy (non-hydrogen) atoms. The fourth-order valence-electron chi connectivity index (χ4n) is 3.70. The lowest BCUT2D eigenvalue weighted by Crippen LogP contribution is -2.54. The van der Waals surface area contributed by atoms with E-state index in [0.29, 0.717) is 23.8 Å². The average molecular weight is 363 g/mol. The molecule has 3 aliphatic rings. The lowest BCUT2D eigenvalue weighted by Gasteiger charge is -2.37. The van der Waals surface area contributed by atoms with E-state index in [1.165, 1.54) is 4.90 Å². The summed E-state index contributed by atoms with van der Waals surface area (Å²) in [6, 6.07) is 7.15. The summed E-state index contributed by atoms with van der Waals surface area (Å²) in [5.74, 6) is 0.238. The van der Waals surface area contributed by atoms with Gasteiger partial charge in [0.15, 0.2) is 9.84 Å². The number of amides is 2. The lowest BCUT2D eigenvalue weighted by atomic mass is 10.1. The molecule has 1 unspecified atom stereocenters. The number of carbonyl (C=O) groups excluding carboxylic acids is 2. The number of nitrogens with one attached hydrogen (secondary N) is 1. The van der Waals surface area contributed by atoms with Gasteiger partial charge in [-0.1, -0.05) is 12.1 Å². The third-order valence-corrected chi connectivity index (χ3v) is 6.81. The fourth-order valence-corrected chi connectivity index (χ4v) is 5.38. The molecule has 2 aliphatic heterocycles. The van der Waals surface area contributed by atoms with Gasteiger partial charge in [0.2, 0.25) is 11.8 Å². The van der Waals surface area contributed by atoms with Crippen LogP contribution in [0.15, 0.2) is 24.3 Å². The largest absolute Gasteiger partial charge is 0.323 e. The first-order valence-corrected chi connectivity index (χ1v) is 10.4. The second-order valence-corrected chi connectivity index (χ2v) is 9.26. The summed E-state index contributed by atoms with van der Waals surface area (Å²) >= 11 is 0. The standard InChI is InChI=1S/C17H21N3O4S/c21-16-9-20(14-4-2-1-3-13(14)18-16)17(22)10-19-7-8-25(23,24)11-15(19)12-5-6-12/h1-4,12,15H,5-11H2,(H,18,21). The molecule has 1 saturated heterocycles. The van der Waals surface area contributed by atoms with Crippen molar-refractivity contribution in [1.82, 2.24) is 4.90 Å². The van der Waals surface area contributed by atoms with Crippen molar-refractivity contribution in [3.63, 3.8) is 0 Å². The molecule has 1 atom stereocenters. The molecular formula is C17H21N3O4S. The van der Waals surface area contributed by atoms with E-state index in [1.54, 1.807) is 6.07 Å². The van der Waals surface area contributed by atoms with Gasteiger partial charge < -0.3 is 5.32 Å². The van der Waals surface area contributed by atoms with Crippen LogP contribution in [0.25, 0.3) is 0 Å². The number of para-hydroxylation sites is 2. The van der Waals surface area contributed by atoms with Crippen LogP contribution in [0.4, 0.5) is 11.4 Å². The van der Waals surface area contributed by atoms with Crippen LogP contribution < -0.4 is 10.2 Å². The van der Waals surface area contributed by atoms with Crippen molar-refractivity contribution < 1.29 is 18.0 Å². The first-order chi connectivity index (χ1) is 11.9. The molecule has 1 saturated carbocycles. The second kappa shape index (κ2) is 6.10. The highest BCUT2D eigenvalue weighted by Gasteiger charge is 2.42. The number of fused-ring (bicyclic) bond motifs is 1. The Bertz CT molecular complexity index is 819. The minimum atomic E-state index is -3.02. The van der Waals surface area contributed by atoms with Crippen molar-refractivity contribution in [2.75, 3.05) is 41.4 Å². The Morgan fingerprint density at radius 3 is 2.76 bits per heavy atom. The van der Waals surface area contributed by atoms with Crippen molar-refractivity contribution >= 4 is 33.0 Å². The molecule has 134 valence electrons. The molecule has 0 radical (unpaired) electrons. The third kappa shape index (κ3) is 3.41. The highest BCUT2D eigenvalue weighted by atomic mass is 32.2. The van der Waals surface area contributed by atoms with Gasteiger partial charge in [-0.2, -0.15) is 0 Å². The van der Waals surface area contributed by atoms with Gasteiger partial charge in [0.05, 0.1) is 29.4 Å². The van der Waals surface area contributed by atoms with Gasteiger partial charge in [0, 0.05) is 12.6 Å². The van der Waals surface area contributed by atoms with E-state index in [2.05, 4.69) is 5.32 Å². The van der Waals surface area contributed by atoms with E-state index in [4.69, 9.17) is 0 Å². The highest BCUT2D eigenvalue weighted by Crippen LogP contribution is 2.37. The number of anilines is 2. The first kappa shape index (κ1) is 16.5. The molecular weight excluding hydrogens is 342 g/mol.